The highest BCUT2D eigenvalue weighted by Gasteiger charge is 2.25. The van der Waals surface area contributed by atoms with Gasteiger partial charge in [-0.1, -0.05) is 0 Å². The van der Waals surface area contributed by atoms with Crippen molar-refractivity contribution in [2.75, 3.05) is 13.1 Å². The molecule has 18 heavy (non-hydrogen) atoms. The van der Waals surface area contributed by atoms with E-state index >= 15 is 0 Å². The number of imidazole rings is 1. The fourth-order valence-electron chi connectivity index (χ4n) is 2.19. The third kappa shape index (κ3) is 3.57. The van der Waals surface area contributed by atoms with E-state index in [1.807, 2.05) is 17.4 Å². The molecule has 1 N–H and O–H groups in total. The summed E-state index contributed by atoms with van der Waals surface area (Å²) in [6.07, 6.45) is 6.12. The Morgan fingerprint density at radius 3 is 2.89 bits per heavy atom. The lowest BCUT2D eigenvalue weighted by atomic mass is 10.3. The van der Waals surface area contributed by atoms with E-state index in [-0.39, 0.29) is 6.54 Å². The average molecular weight is 251 g/mol. The molecule has 0 radical (unpaired) electrons. The van der Waals surface area contributed by atoms with Crippen molar-refractivity contribution in [2.45, 2.75) is 39.3 Å². The van der Waals surface area contributed by atoms with Gasteiger partial charge in [-0.25, -0.2) is 4.98 Å². The van der Waals surface area contributed by atoms with E-state index in [1.165, 1.54) is 12.8 Å². The van der Waals surface area contributed by atoms with Crippen molar-refractivity contribution in [3.8, 4) is 0 Å². The largest absolute Gasteiger partial charge is 0.480 e. The number of hydrogen-bond acceptors (Lipinski definition) is 3. The zero-order valence-corrected chi connectivity index (χ0v) is 11.0. The number of hydrogen-bond donors (Lipinski definition) is 1. The lowest BCUT2D eigenvalue weighted by molar-refractivity contribution is -0.138. The zero-order valence-electron chi connectivity index (χ0n) is 11.0. The van der Waals surface area contributed by atoms with Crippen LogP contribution < -0.4 is 0 Å². The molecule has 0 unspecified atom stereocenters. The monoisotopic (exact) mass is 251 g/mol. The molecule has 1 aromatic rings. The first-order valence-corrected chi connectivity index (χ1v) is 6.51. The minimum Gasteiger partial charge on any atom is -0.480 e. The van der Waals surface area contributed by atoms with Crippen molar-refractivity contribution in [1.82, 2.24) is 14.5 Å². The molecule has 1 heterocycles. The minimum atomic E-state index is -0.758. The van der Waals surface area contributed by atoms with Gasteiger partial charge in [-0.05, 0) is 32.6 Å². The normalized spacial score (nSPS) is 15.6. The van der Waals surface area contributed by atoms with Crippen LogP contribution >= 0.6 is 0 Å². The second kappa shape index (κ2) is 5.52. The topological polar surface area (TPSA) is 58.4 Å². The second-order valence-corrected chi connectivity index (χ2v) is 5.39. The van der Waals surface area contributed by atoms with Crippen LogP contribution in [0, 0.1) is 5.92 Å². The highest BCUT2D eigenvalue weighted by molar-refractivity contribution is 5.69. The molecule has 100 valence electrons. The van der Waals surface area contributed by atoms with Gasteiger partial charge in [-0.15, -0.1) is 0 Å². The van der Waals surface area contributed by atoms with Crippen LogP contribution in [-0.4, -0.2) is 38.6 Å². The second-order valence-electron chi connectivity index (χ2n) is 5.39. The molecule has 1 aliphatic rings. The lowest BCUT2D eigenvalue weighted by Crippen LogP contribution is -2.32. The summed E-state index contributed by atoms with van der Waals surface area (Å²) in [5.74, 6) is -0.0639. The van der Waals surface area contributed by atoms with Crippen molar-refractivity contribution in [3.63, 3.8) is 0 Å². The summed E-state index contributed by atoms with van der Waals surface area (Å²) < 4.78 is 2.10. The van der Waals surface area contributed by atoms with Crippen LogP contribution in [0.25, 0.3) is 0 Å². The van der Waals surface area contributed by atoms with Gasteiger partial charge < -0.3 is 9.67 Å². The average Bonchev–Trinajstić information content (AvgIpc) is 2.93. The summed E-state index contributed by atoms with van der Waals surface area (Å²) >= 11 is 0. The minimum absolute atomic E-state index is 0.111. The molecular formula is C13H21N3O2. The molecule has 0 spiro atoms. The molecule has 1 fully saturated rings. The number of nitrogens with zero attached hydrogens (tertiary/aromatic N) is 3. The molecule has 0 saturated heterocycles. The van der Waals surface area contributed by atoms with Crippen LogP contribution in [0.3, 0.4) is 0 Å². The van der Waals surface area contributed by atoms with Crippen LogP contribution in [0.15, 0.2) is 12.5 Å². The highest BCUT2D eigenvalue weighted by atomic mass is 16.4. The first-order valence-electron chi connectivity index (χ1n) is 6.51. The molecule has 1 aromatic heterocycles. The van der Waals surface area contributed by atoms with Gasteiger partial charge in [0.1, 0.15) is 0 Å². The van der Waals surface area contributed by atoms with Gasteiger partial charge in [0, 0.05) is 25.3 Å². The standard InChI is InChI=1S/C13H21N3O2/c1-10(2)16-9-14-5-12(16)7-15(8-13(17)18)6-11-3-4-11/h5,9-11H,3-4,6-8H2,1-2H3,(H,17,18). The maximum Gasteiger partial charge on any atom is 0.317 e. The fraction of sp³-hybridized carbons (Fsp3) is 0.692. The van der Waals surface area contributed by atoms with Crippen LogP contribution in [0.1, 0.15) is 38.4 Å². The summed E-state index contributed by atoms with van der Waals surface area (Å²) in [6.45, 7) is 5.87. The predicted octanol–water partition coefficient (Wildman–Crippen LogP) is 1.76. The summed E-state index contributed by atoms with van der Waals surface area (Å²) in [5.41, 5.74) is 1.09. The van der Waals surface area contributed by atoms with E-state index in [9.17, 15) is 4.79 Å². The number of carboxylic acid groups (broad SMARTS) is 1. The van der Waals surface area contributed by atoms with Crippen LogP contribution in [-0.2, 0) is 11.3 Å². The van der Waals surface area contributed by atoms with Gasteiger partial charge in [0.2, 0.25) is 0 Å². The number of carbonyl (C=O) groups is 1. The van der Waals surface area contributed by atoms with Gasteiger partial charge in [-0.2, -0.15) is 0 Å². The van der Waals surface area contributed by atoms with Crippen molar-refractivity contribution in [2.24, 2.45) is 5.92 Å². The smallest absolute Gasteiger partial charge is 0.317 e. The SMILES string of the molecule is CC(C)n1cncc1CN(CC(=O)O)CC1CC1. The van der Waals surface area contributed by atoms with Crippen LogP contribution in [0.2, 0.25) is 0 Å². The van der Waals surface area contributed by atoms with Crippen molar-refractivity contribution < 1.29 is 9.90 Å². The van der Waals surface area contributed by atoms with E-state index in [0.29, 0.717) is 18.5 Å². The molecular weight excluding hydrogens is 230 g/mol. The molecule has 0 aliphatic heterocycles. The molecule has 0 amide bonds. The van der Waals surface area contributed by atoms with Crippen molar-refractivity contribution in [3.05, 3.63) is 18.2 Å². The fourth-order valence-corrected chi connectivity index (χ4v) is 2.19. The molecule has 5 nitrogen and oxygen atoms in total. The third-order valence-corrected chi connectivity index (χ3v) is 3.26. The summed E-state index contributed by atoms with van der Waals surface area (Å²) in [4.78, 5) is 17.1. The van der Waals surface area contributed by atoms with Gasteiger partial charge in [-0.3, -0.25) is 9.69 Å². The molecule has 0 atom stereocenters. The Kier molecular flexibility index (Phi) is 4.01. The maximum atomic E-state index is 10.9. The lowest BCUT2D eigenvalue weighted by Gasteiger charge is -2.21. The van der Waals surface area contributed by atoms with E-state index in [0.717, 1.165) is 12.2 Å². The van der Waals surface area contributed by atoms with E-state index in [2.05, 4.69) is 23.4 Å². The highest BCUT2D eigenvalue weighted by Crippen LogP contribution is 2.30. The first kappa shape index (κ1) is 13.1. The van der Waals surface area contributed by atoms with Gasteiger partial charge in [0.25, 0.3) is 0 Å². The Bertz CT molecular complexity index is 410. The third-order valence-electron chi connectivity index (χ3n) is 3.26. The van der Waals surface area contributed by atoms with E-state index in [4.69, 9.17) is 5.11 Å². The first-order chi connectivity index (χ1) is 8.56. The molecule has 5 heteroatoms. The quantitative estimate of drug-likeness (QED) is 0.802. The van der Waals surface area contributed by atoms with E-state index < -0.39 is 5.97 Å². The zero-order chi connectivity index (χ0) is 13.1. The van der Waals surface area contributed by atoms with Crippen molar-refractivity contribution >= 4 is 5.97 Å². The molecule has 0 bridgehead atoms. The molecule has 0 aromatic carbocycles. The molecule has 1 saturated carbocycles. The Morgan fingerprint density at radius 1 is 1.61 bits per heavy atom. The number of rotatable bonds is 7. The molecule has 2 rings (SSSR count). The van der Waals surface area contributed by atoms with Gasteiger partial charge >= 0.3 is 5.97 Å². The number of aliphatic carboxylic acids is 1. The Hall–Kier alpha value is -1.36. The maximum absolute atomic E-state index is 10.9. The number of carboxylic acids is 1. The van der Waals surface area contributed by atoms with Crippen LogP contribution in [0.5, 0.6) is 0 Å². The summed E-state index contributed by atoms with van der Waals surface area (Å²) in [5, 5.41) is 8.96. The Morgan fingerprint density at radius 2 is 2.33 bits per heavy atom. The van der Waals surface area contributed by atoms with Crippen molar-refractivity contribution in [1.29, 1.82) is 0 Å². The Balaban J connectivity index is 2.01. The number of aromatic nitrogens is 2. The Labute approximate surface area is 107 Å². The summed E-state index contributed by atoms with van der Waals surface area (Å²) in [6, 6.07) is 0.357. The van der Waals surface area contributed by atoms with Gasteiger partial charge in [0.15, 0.2) is 0 Å². The summed E-state index contributed by atoms with van der Waals surface area (Å²) in [7, 11) is 0. The molecule has 1 aliphatic carbocycles. The van der Waals surface area contributed by atoms with Crippen LogP contribution in [0.4, 0.5) is 0 Å². The predicted molar refractivity (Wildman–Crippen MR) is 68.2 cm³/mol. The van der Waals surface area contributed by atoms with E-state index in [1.54, 1.807) is 0 Å². The van der Waals surface area contributed by atoms with Gasteiger partial charge in [0.05, 0.1) is 18.6 Å².